The molecule has 0 radical (unpaired) electrons. The summed E-state index contributed by atoms with van der Waals surface area (Å²) in [6.45, 7) is 3.98. The Balaban J connectivity index is 1.64. The van der Waals surface area contributed by atoms with Gasteiger partial charge in [0.05, 0.1) is 6.10 Å². The third-order valence-corrected chi connectivity index (χ3v) is 3.47. The van der Waals surface area contributed by atoms with Crippen molar-refractivity contribution in [3.05, 3.63) is 0 Å². The van der Waals surface area contributed by atoms with Crippen LogP contribution in [0.1, 0.15) is 32.6 Å². The Morgan fingerprint density at radius 2 is 2.11 bits per heavy atom. The van der Waals surface area contributed by atoms with Crippen LogP contribution in [0.15, 0.2) is 0 Å². The van der Waals surface area contributed by atoms with Crippen molar-refractivity contribution in [3.63, 3.8) is 0 Å². The lowest BCUT2D eigenvalue weighted by atomic mass is 10.2. The molecule has 1 heterocycles. The molecule has 19 heavy (non-hydrogen) atoms. The lowest BCUT2D eigenvalue weighted by Gasteiger charge is -2.24. The Hall–Kier alpha value is -1.30. The molecule has 1 saturated carbocycles. The maximum Gasteiger partial charge on any atom is 0.315 e. The van der Waals surface area contributed by atoms with Crippen LogP contribution in [-0.4, -0.2) is 55.2 Å². The lowest BCUT2D eigenvalue weighted by Crippen LogP contribution is -2.44. The maximum absolute atomic E-state index is 11.5. The number of hydrogen-bond donors (Lipinski definition) is 2. The van der Waals surface area contributed by atoms with Gasteiger partial charge in [-0.1, -0.05) is 0 Å². The molecular formula is C13H23N3O3. The summed E-state index contributed by atoms with van der Waals surface area (Å²) >= 11 is 0. The number of carbonyl (C=O) groups is 2. The molecule has 0 spiro atoms. The van der Waals surface area contributed by atoms with Crippen molar-refractivity contribution in [3.8, 4) is 0 Å². The number of amides is 3. The average molecular weight is 269 g/mol. The van der Waals surface area contributed by atoms with Gasteiger partial charge in [-0.05, 0) is 25.7 Å². The van der Waals surface area contributed by atoms with Crippen LogP contribution in [0.4, 0.5) is 4.79 Å². The van der Waals surface area contributed by atoms with Crippen LogP contribution < -0.4 is 10.6 Å². The van der Waals surface area contributed by atoms with E-state index in [4.69, 9.17) is 4.74 Å². The van der Waals surface area contributed by atoms with E-state index in [1.54, 1.807) is 11.8 Å². The summed E-state index contributed by atoms with van der Waals surface area (Å²) in [5.41, 5.74) is 0. The molecule has 0 aromatic carbocycles. The van der Waals surface area contributed by atoms with Gasteiger partial charge in [0.2, 0.25) is 5.91 Å². The highest BCUT2D eigenvalue weighted by atomic mass is 16.5. The second-order valence-electron chi connectivity index (χ2n) is 5.27. The van der Waals surface area contributed by atoms with Crippen molar-refractivity contribution >= 4 is 11.9 Å². The highest BCUT2D eigenvalue weighted by molar-refractivity contribution is 5.75. The number of nitrogens with one attached hydrogen (secondary N) is 2. The number of rotatable bonds is 6. The number of carbonyl (C=O) groups excluding carboxylic acids is 2. The van der Waals surface area contributed by atoms with Crippen LogP contribution in [-0.2, 0) is 9.53 Å². The smallest absolute Gasteiger partial charge is 0.315 e. The molecule has 1 unspecified atom stereocenters. The predicted molar refractivity (Wildman–Crippen MR) is 70.8 cm³/mol. The average Bonchev–Trinajstić information content (AvgIpc) is 3.02. The first-order valence-corrected chi connectivity index (χ1v) is 7.06. The maximum atomic E-state index is 11.5. The van der Waals surface area contributed by atoms with Gasteiger partial charge in [-0.3, -0.25) is 4.79 Å². The van der Waals surface area contributed by atoms with Crippen LogP contribution in [0.5, 0.6) is 0 Å². The standard InChI is InChI=1S/C13H23N3O3/c1-10(17)16(9-12-3-2-8-19-12)7-6-14-13(18)15-11-4-5-11/h11-12H,2-9H2,1H3,(H2,14,15,18). The molecule has 2 aliphatic rings. The van der Waals surface area contributed by atoms with Crippen LogP contribution in [0.2, 0.25) is 0 Å². The SMILES string of the molecule is CC(=O)N(CCNC(=O)NC1CC1)CC1CCCO1. The minimum absolute atomic E-state index is 0.0277. The van der Waals surface area contributed by atoms with Gasteiger partial charge in [-0.15, -0.1) is 0 Å². The molecule has 2 rings (SSSR count). The van der Waals surface area contributed by atoms with E-state index in [0.717, 1.165) is 32.3 Å². The molecule has 108 valence electrons. The van der Waals surface area contributed by atoms with Crippen LogP contribution in [0.3, 0.4) is 0 Å². The number of urea groups is 1. The zero-order valence-corrected chi connectivity index (χ0v) is 11.5. The predicted octanol–water partition coefficient (Wildman–Crippen LogP) is 0.476. The third kappa shape index (κ3) is 5.06. The van der Waals surface area contributed by atoms with E-state index in [9.17, 15) is 9.59 Å². The molecule has 1 saturated heterocycles. The summed E-state index contributed by atoms with van der Waals surface area (Å²) in [7, 11) is 0. The molecule has 1 atom stereocenters. The minimum atomic E-state index is -0.136. The molecule has 6 heteroatoms. The quantitative estimate of drug-likeness (QED) is 0.736. The van der Waals surface area contributed by atoms with E-state index in [-0.39, 0.29) is 18.0 Å². The molecule has 6 nitrogen and oxygen atoms in total. The molecule has 0 bridgehead atoms. The van der Waals surface area contributed by atoms with E-state index in [2.05, 4.69) is 10.6 Å². The largest absolute Gasteiger partial charge is 0.376 e. The Labute approximate surface area is 113 Å². The Kier molecular flexibility index (Phi) is 5.01. The van der Waals surface area contributed by atoms with Gasteiger partial charge in [0.1, 0.15) is 0 Å². The number of nitrogens with zero attached hydrogens (tertiary/aromatic N) is 1. The molecular weight excluding hydrogens is 246 g/mol. The fourth-order valence-electron chi connectivity index (χ4n) is 2.18. The van der Waals surface area contributed by atoms with Gasteiger partial charge in [0.25, 0.3) is 0 Å². The molecule has 1 aliphatic carbocycles. The fourth-order valence-corrected chi connectivity index (χ4v) is 2.18. The summed E-state index contributed by atoms with van der Waals surface area (Å²) < 4.78 is 5.53. The fraction of sp³-hybridized carbons (Fsp3) is 0.846. The van der Waals surface area contributed by atoms with Crippen molar-refractivity contribution in [2.75, 3.05) is 26.2 Å². The van der Waals surface area contributed by atoms with Gasteiger partial charge >= 0.3 is 6.03 Å². The van der Waals surface area contributed by atoms with Crippen molar-refractivity contribution in [1.29, 1.82) is 0 Å². The van der Waals surface area contributed by atoms with Crippen molar-refractivity contribution in [1.82, 2.24) is 15.5 Å². The molecule has 2 N–H and O–H groups in total. The zero-order chi connectivity index (χ0) is 13.7. The molecule has 0 aromatic heterocycles. The van der Waals surface area contributed by atoms with Gasteiger partial charge < -0.3 is 20.3 Å². The second-order valence-corrected chi connectivity index (χ2v) is 5.27. The summed E-state index contributed by atoms with van der Waals surface area (Å²) in [4.78, 5) is 24.7. The third-order valence-electron chi connectivity index (χ3n) is 3.47. The van der Waals surface area contributed by atoms with E-state index in [0.29, 0.717) is 25.7 Å². The second kappa shape index (κ2) is 6.75. The van der Waals surface area contributed by atoms with Crippen molar-refractivity contribution in [2.45, 2.75) is 44.8 Å². The Bertz CT molecular complexity index is 325. The van der Waals surface area contributed by atoms with E-state index >= 15 is 0 Å². The number of hydrogen-bond acceptors (Lipinski definition) is 3. The number of ether oxygens (including phenoxy) is 1. The Morgan fingerprint density at radius 3 is 2.68 bits per heavy atom. The first-order valence-electron chi connectivity index (χ1n) is 7.06. The van der Waals surface area contributed by atoms with Crippen molar-refractivity contribution < 1.29 is 14.3 Å². The highest BCUT2D eigenvalue weighted by Crippen LogP contribution is 2.18. The van der Waals surface area contributed by atoms with E-state index in [1.807, 2.05) is 0 Å². The molecule has 3 amide bonds. The van der Waals surface area contributed by atoms with Crippen molar-refractivity contribution in [2.24, 2.45) is 0 Å². The highest BCUT2D eigenvalue weighted by Gasteiger charge is 2.23. The first kappa shape index (κ1) is 14.1. The summed E-state index contributed by atoms with van der Waals surface area (Å²) in [6.07, 6.45) is 4.39. The summed E-state index contributed by atoms with van der Waals surface area (Å²) in [5.74, 6) is 0.0277. The Morgan fingerprint density at radius 1 is 1.32 bits per heavy atom. The monoisotopic (exact) mass is 269 g/mol. The van der Waals surface area contributed by atoms with Gasteiger partial charge in [-0.25, -0.2) is 4.79 Å². The first-order chi connectivity index (χ1) is 9.15. The molecule has 0 aromatic rings. The summed E-state index contributed by atoms with van der Waals surface area (Å²) in [6, 6.07) is 0.221. The lowest BCUT2D eigenvalue weighted by molar-refractivity contribution is -0.130. The van der Waals surface area contributed by atoms with Gasteiger partial charge in [0.15, 0.2) is 0 Å². The van der Waals surface area contributed by atoms with Gasteiger partial charge in [0, 0.05) is 39.2 Å². The van der Waals surface area contributed by atoms with E-state index in [1.165, 1.54) is 0 Å². The minimum Gasteiger partial charge on any atom is -0.376 e. The van der Waals surface area contributed by atoms with E-state index < -0.39 is 0 Å². The molecule has 2 fully saturated rings. The molecule has 1 aliphatic heterocycles. The van der Waals surface area contributed by atoms with Crippen LogP contribution >= 0.6 is 0 Å². The zero-order valence-electron chi connectivity index (χ0n) is 11.5. The normalized spacial score (nSPS) is 22.1. The van der Waals surface area contributed by atoms with Gasteiger partial charge in [-0.2, -0.15) is 0 Å². The topological polar surface area (TPSA) is 70.7 Å². The van der Waals surface area contributed by atoms with Crippen LogP contribution in [0.25, 0.3) is 0 Å². The summed E-state index contributed by atoms with van der Waals surface area (Å²) in [5, 5.41) is 5.63. The van der Waals surface area contributed by atoms with Crippen LogP contribution in [0, 0.1) is 0 Å².